The van der Waals surface area contributed by atoms with Gasteiger partial charge < -0.3 is 10.0 Å². The number of nitrogens with zero attached hydrogens (tertiary/aromatic N) is 1. The number of benzene rings is 1. The predicted octanol–water partition coefficient (Wildman–Crippen LogP) is 1.59. The van der Waals surface area contributed by atoms with Gasteiger partial charge in [0.05, 0.1) is 18.7 Å². The highest BCUT2D eigenvalue weighted by atomic mass is 16.3. The molecule has 0 aliphatic carbocycles. The summed E-state index contributed by atoms with van der Waals surface area (Å²) in [6.45, 7) is 4.82. The van der Waals surface area contributed by atoms with Crippen LogP contribution in [-0.2, 0) is 0 Å². The molecule has 0 saturated carbocycles. The second kappa shape index (κ2) is 3.91. The molecule has 1 aromatic carbocycles. The van der Waals surface area contributed by atoms with Crippen LogP contribution in [0.15, 0.2) is 24.3 Å². The van der Waals surface area contributed by atoms with Crippen LogP contribution in [0.3, 0.4) is 0 Å². The molecule has 1 saturated heterocycles. The summed E-state index contributed by atoms with van der Waals surface area (Å²) in [6, 6.07) is 7.55. The molecule has 0 unspecified atom stereocenters. The molecule has 1 fully saturated rings. The molecule has 0 aromatic heterocycles. The Kier molecular flexibility index (Phi) is 2.72. The normalized spacial score (nSPS) is 18.1. The van der Waals surface area contributed by atoms with Gasteiger partial charge in [-0.2, -0.15) is 0 Å². The van der Waals surface area contributed by atoms with Gasteiger partial charge in [0.2, 0.25) is 0 Å². The van der Waals surface area contributed by atoms with Gasteiger partial charge in [0.25, 0.3) is 5.91 Å². The number of hydrogen-bond acceptors (Lipinski definition) is 2. The van der Waals surface area contributed by atoms with E-state index in [9.17, 15) is 9.90 Å². The molecule has 86 valence electrons. The van der Waals surface area contributed by atoms with E-state index in [4.69, 9.17) is 0 Å². The number of carbonyl (C=O) groups is 1. The van der Waals surface area contributed by atoms with Crippen molar-refractivity contribution in [2.45, 2.75) is 25.9 Å². The summed E-state index contributed by atoms with van der Waals surface area (Å²) in [4.78, 5) is 13.7. The van der Waals surface area contributed by atoms with E-state index >= 15 is 0 Å². The van der Waals surface area contributed by atoms with Crippen molar-refractivity contribution in [3.05, 3.63) is 35.4 Å². The predicted molar refractivity (Wildman–Crippen MR) is 62.3 cm³/mol. The van der Waals surface area contributed by atoms with Crippen LogP contribution in [0.4, 0.5) is 0 Å². The molecule has 2 rings (SSSR count). The largest absolute Gasteiger partial charge is 0.386 e. The molecular formula is C13H17NO2. The summed E-state index contributed by atoms with van der Waals surface area (Å²) in [5.41, 5.74) is 1.13. The molecule has 0 spiro atoms. The molecule has 1 amide bonds. The molecule has 1 heterocycles. The van der Waals surface area contributed by atoms with Crippen molar-refractivity contribution in [2.24, 2.45) is 0 Å². The van der Waals surface area contributed by atoms with Gasteiger partial charge >= 0.3 is 0 Å². The second-order valence-electron chi connectivity index (χ2n) is 4.61. The van der Waals surface area contributed by atoms with Crippen molar-refractivity contribution in [3.63, 3.8) is 0 Å². The number of likely N-dealkylation sites (tertiary alicyclic amines) is 1. The fraction of sp³-hybridized carbons (Fsp3) is 0.462. The summed E-state index contributed by atoms with van der Waals surface area (Å²) >= 11 is 0. The average molecular weight is 219 g/mol. The molecule has 1 aliphatic heterocycles. The Bertz CT molecular complexity index is 408. The third kappa shape index (κ3) is 1.95. The lowest BCUT2D eigenvalue weighted by Crippen LogP contribution is -2.63. The van der Waals surface area contributed by atoms with Crippen LogP contribution < -0.4 is 0 Å². The Balaban J connectivity index is 2.06. The summed E-state index contributed by atoms with van der Waals surface area (Å²) in [7, 11) is 0. The zero-order valence-corrected chi connectivity index (χ0v) is 9.73. The van der Waals surface area contributed by atoms with Crippen molar-refractivity contribution < 1.29 is 9.90 Å². The lowest BCUT2D eigenvalue weighted by atomic mass is 9.90. The summed E-state index contributed by atoms with van der Waals surface area (Å²) < 4.78 is 0. The Morgan fingerprint density at radius 3 is 2.75 bits per heavy atom. The fourth-order valence-corrected chi connectivity index (χ4v) is 1.99. The lowest BCUT2D eigenvalue weighted by Gasteiger charge is -2.46. The fourth-order valence-electron chi connectivity index (χ4n) is 1.99. The average Bonchev–Trinajstić information content (AvgIpc) is 2.24. The SMILES string of the molecule is CCC1(O)CN(C(=O)c2cccc(C)c2)C1. The number of aryl methyl sites for hydroxylation is 1. The molecule has 1 N–H and O–H groups in total. The highest BCUT2D eigenvalue weighted by molar-refractivity contribution is 5.95. The number of amides is 1. The first-order valence-electron chi connectivity index (χ1n) is 5.62. The van der Waals surface area contributed by atoms with E-state index in [-0.39, 0.29) is 5.91 Å². The monoisotopic (exact) mass is 219 g/mol. The van der Waals surface area contributed by atoms with Gasteiger partial charge in [-0.1, -0.05) is 24.6 Å². The topological polar surface area (TPSA) is 40.5 Å². The Morgan fingerprint density at radius 1 is 1.50 bits per heavy atom. The van der Waals surface area contributed by atoms with E-state index < -0.39 is 5.60 Å². The minimum Gasteiger partial charge on any atom is -0.386 e. The number of β-amino-alcohol motifs (C(OH)–C–C–N with tert-alkyl or cyclic N) is 1. The molecule has 0 atom stereocenters. The lowest BCUT2D eigenvalue weighted by molar-refractivity contribution is -0.0826. The highest BCUT2D eigenvalue weighted by Gasteiger charge is 2.42. The van der Waals surface area contributed by atoms with Gasteiger partial charge in [0.15, 0.2) is 0 Å². The second-order valence-corrected chi connectivity index (χ2v) is 4.61. The third-order valence-corrected chi connectivity index (χ3v) is 3.18. The van der Waals surface area contributed by atoms with Crippen LogP contribution in [0.1, 0.15) is 29.3 Å². The summed E-state index contributed by atoms with van der Waals surface area (Å²) in [6.07, 6.45) is 0.699. The quantitative estimate of drug-likeness (QED) is 0.820. The molecule has 16 heavy (non-hydrogen) atoms. The maximum atomic E-state index is 12.0. The van der Waals surface area contributed by atoms with E-state index in [1.54, 1.807) is 4.90 Å². The first-order chi connectivity index (χ1) is 7.54. The van der Waals surface area contributed by atoms with E-state index in [2.05, 4.69) is 0 Å². The van der Waals surface area contributed by atoms with Crippen molar-refractivity contribution in [1.82, 2.24) is 4.90 Å². The molecule has 3 heteroatoms. The molecule has 3 nitrogen and oxygen atoms in total. The minimum absolute atomic E-state index is 0.0156. The number of carbonyl (C=O) groups excluding carboxylic acids is 1. The smallest absolute Gasteiger partial charge is 0.254 e. The maximum Gasteiger partial charge on any atom is 0.254 e. The zero-order valence-electron chi connectivity index (χ0n) is 9.73. The molecule has 1 aliphatic rings. The van der Waals surface area contributed by atoms with Crippen LogP contribution >= 0.6 is 0 Å². The first kappa shape index (κ1) is 11.1. The number of hydrogen-bond donors (Lipinski definition) is 1. The summed E-state index contributed by atoms with van der Waals surface area (Å²) in [5, 5.41) is 9.85. The Labute approximate surface area is 95.7 Å². The standard InChI is InChI=1S/C13H17NO2/c1-3-13(16)8-14(9-13)12(15)11-6-4-5-10(2)7-11/h4-7,16H,3,8-9H2,1-2H3. The van der Waals surface area contributed by atoms with E-state index in [1.807, 2.05) is 38.1 Å². The third-order valence-electron chi connectivity index (χ3n) is 3.18. The molecule has 0 bridgehead atoms. The van der Waals surface area contributed by atoms with Gasteiger partial charge in [0, 0.05) is 5.56 Å². The Morgan fingerprint density at radius 2 is 2.19 bits per heavy atom. The highest BCUT2D eigenvalue weighted by Crippen LogP contribution is 2.25. The molecule has 1 aromatic rings. The van der Waals surface area contributed by atoms with E-state index in [1.165, 1.54) is 0 Å². The molecule has 0 radical (unpaired) electrons. The van der Waals surface area contributed by atoms with Crippen molar-refractivity contribution in [3.8, 4) is 0 Å². The minimum atomic E-state index is -0.653. The van der Waals surface area contributed by atoms with Crippen molar-refractivity contribution >= 4 is 5.91 Å². The molecular weight excluding hydrogens is 202 g/mol. The van der Waals surface area contributed by atoms with Crippen LogP contribution in [0, 0.1) is 6.92 Å². The zero-order chi connectivity index (χ0) is 11.8. The van der Waals surface area contributed by atoms with Crippen LogP contribution in [0.25, 0.3) is 0 Å². The van der Waals surface area contributed by atoms with Gasteiger partial charge in [0.1, 0.15) is 0 Å². The number of rotatable bonds is 2. The van der Waals surface area contributed by atoms with E-state index in [0.717, 1.165) is 5.56 Å². The first-order valence-corrected chi connectivity index (χ1v) is 5.62. The van der Waals surface area contributed by atoms with Crippen molar-refractivity contribution in [2.75, 3.05) is 13.1 Å². The van der Waals surface area contributed by atoms with Crippen LogP contribution in [0.5, 0.6) is 0 Å². The number of aliphatic hydroxyl groups is 1. The van der Waals surface area contributed by atoms with Crippen molar-refractivity contribution in [1.29, 1.82) is 0 Å². The van der Waals surface area contributed by atoms with Gasteiger partial charge in [-0.25, -0.2) is 0 Å². The maximum absolute atomic E-state index is 12.0. The van der Waals surface area contributed by atoms with Crippen LogP contribution in [-0.4, -0.2) is 34.6 Å². The van der Waals surface area contributed by atoms with Gasteiger partial charge in [-0.15, -0.1) is 0 Å². The Hall–Kier alpha value is -1.35. The summed E-state index contributed by atoms with van der Waals surface area (Å²) in [5.74, 6) is 0.0156. The van der Waals surface area contributed by atoms with E-state index in [0.29, 0.717) is 25.1 Å². The van der Waals surface area contributed by atoms with Crippen LogP contribution in [0.2, 0.25) is 0 Å². The van der Waals surface area contributed by atoms with Gasteiger partial charge in [-0.3, -0.25) is 4.79 Å². The van der Waals surface area contributed by atoms with Gasteiger partial charge in [-0.05, 0) is 25.5 Å².